The van der Waals surface area contributed by atoms with Crippen molar-refractivity contribution in [2.45, 2.75) is 13.3 Å². The number of aromatic nitrogens is 5. The van der Waals surface area contributed by atoms with Crippen LogP contribution in [0.2, 0.25) is 10.0 Å². The molecule has 0 fully saturated rings. The highest BCUT2D eigenvalue weighted by molar-refractivity contribution is 6.31. The number of nitrogens with one attached hydrogen (secondary N) is 1. The zero-order valence-corrected chi connectivity index (χ0v) is 17.4. The third-order valence-electron chi connectivity index (χ3n) is 4.16. The van der Waals surface area contributed by atoms with Gasteiger partial charge in [-0.05, 0) is 48.0 Å². The predicted octanol–water partition coefficient (Wildman–Crippen LogP) is 4.26. The Morgan fingerprint density at radius 2 is 1.87 bits per heavy atom. The molecule has 0 saturated heterocycles. The second-order valence-corrected chi connectivity index (χ2v) is 7.27. The molecule has 4 rings (SSSR count). The number of halogens is 3. The molecule has 0 aliphatic rings. The maximum atomic E-state index is 13.2. The van der Waals surface area contributed by atoms with Crippen LogP contribution in [0, 0.1) is 5.82 Å². The van der Waals surface area contributed by atoms with Crippen LogP contribution in [0.3, 0.4) is 0 Å². The van der Waals surface area contributed by atoms with Crippen molar-refractivity contribution in [3.05, 3.63) is 88.2 Å². The maximum absolute atomic E-state index is 13.2. The molecular formula is C20H15Cl2FN6O2. The summed E-state index contributed by atoms with van der Waals surface area (Å²) < 4.78 is 21.7. The summed E-state index contributed by atoms with van der Waals surface area (Å²) in [6.07, 6.45) is 3.06. The first-order valence-electron chi connectivity index (χ1n) is 9.03. The van der Waals surface area contributed by atoms with Gasteiger partial charge in [-0.2, -0.15) is 5.10 Å². The van der Waals surface area contributed by atoms with E-state index in [9.17, 15) is 9.18 Å². The number of hydrogen-bond donors (Lipinski definition) is 1. The summed E-state index contributed by atoms with van der Waals surface area (Å²) in [6, 6.07) is 12.6. The number of ether oxygens (including phenoxy) is 1. The van der Waals surface area contributed by atoms with Crippen molar-refractivity contribution < 1.29 is 13.9 Å². The summed E-state index contributed by atoms with van der Waals surface area (Å²) in [5, 5.41) is 11.8. The van der Waals surface area contributed by atoms with E-state index < -0.39 is 11.7 Å². The minimum absolute atomic E-state index is 0.107. The lowest BCUT2D eigenvalue weighted by atomic mass is 10.2. The second-order valence-electron chi connectivity index (χ2n) is 6.42. The van der Waals surface area contributed by atoms with E-state index in [1.54, 1.807) is 42.6 Å². The zero-order valence-electron chi connectivity index (χ0n) is 15.9. The topological polar surface area (TPSA) is 86.9 Å². The first-order chi connectivity index (χ1) is 15.0. The molecule has 2 heterocycles. The Hall–Kier alpha value is -3.43. The molecule has 1 amide bonds. The van der Waals surface area contributed by atoms with Crippen LogP contribution >= 0.6 is 23.2 Å². The van der Waals surface area contributed by atoms with Crippen LogP contribution in [0.25, 0.3) is 0 Å². The minimum Gasteiger partial charge on any atom is -0.471 e. The van der Waals surface area contributed by atoms with Gasteiger partial charge in [0.05, 0.1) is 6.54 Å². The van der Waals surface area contributed by atoms with E-state index in [4.69, 9.17) is 27.9 Å². The number of amides is 1. The van der Waals surface area contributed by atoms with Crippen LogP contribution in [0.4, 0.5) is 10.3 Å². The summed E-state index contributed by atoms with van der Waals surface area (Å²) >= 11 is 11.9. The molecule has 11 heteroatoms. The van der Waals surface area contributed by atoms with Crippen molar-refractivity contribution in [2.75, 3.05) is 5.32 Å². The van der Waals surface area contributed by atoms with Crippen LogP contribution in [0.1, 0.15) is 16.1 Å². The number of hydrogen-bond acceptors (Lipinski definition) is 5. The monoisotopic (exact) mass is 460 g/mol. The average Bonchev–Trinajstić information content (AvgIpc) is 3.39. The SMILES string of the molecule is O=C(Nc1ncn(Cc2ccc(F)cc2Cl)n1)c1ccn(COc2ccc(Cl)cc2)n1. The van der Waals surface area contributed by atoms with Crippen LogP contribution < -0.4 is 10.1 Å². The Kier molecular flexibility index (Phi) is 6.15. The van der Waals surface area contributed by atoms with Crippen LogP contribution in [0.15, 0.2) is 61.1 Å². The van der Waals surface area contributed by atoms with Gasteiger partial charge in [0.25, 0.3) is 5.91 Å². The number of anilines is 1. The van der Waals surface area contributed by atoms with Crippen LogP contribution in [-0.4, -0.2) is 30.5 Å². The highest BCUT2D eigenvalue weighted by Crippen LogP contribution is 2.18. The van der Waals surface area contributed by atoms with Crippen molar-refractivity contribution in [3.63, 3.8) is 0 Å². The number of rotatable bonds is 7. The lowest BCUT2D eigenvalue weighted by Crippen LogP contribution is -2.15. The van der Waals surface area contributed by atoms with E-state index in [-0.39, 0.29) is 29.9 Å². The molecule has 158 valence electrons. The molecule has 4 aromatic rings. The number of benzene rings is 2. The van der Waals surface area contributed by atoms with E-state index in [2.05, 4.69) is 20.5 Å². The fourth-order valence-electron chi connectivity index (χ4n) is 2.64. The Morgan fingerprint density at radius 1 is 1.06 bits per heavy atom. The Balaban J connectivity index is 1.34. The molecule has 0 bridgehead atoms. The normalized spacial score (nSPS) is 10.8. The molecule has 0 aliphatic carbocycles. The van der Waals surface area contributed by atoms with E-state index in [1.165, 1.54) is 27.8 Å². The van der Waals surface area contributed by atoms with Gasteiger partial charge in [-0.3, -0.25) is 10.1 Å². The van der Waals surface area contributed by atoms with Gasteiger partial charge in [0.1, 0.15) is 17.9 Å². The fourth-order valence-corrected chi connectivity index (χ4v) is 3.00. The summed E-state index contributed by atoms with van der Waals surface area (Å²) in [4.78, 5) is 16.5. The number of carbonyl (C=O) groups excluding carboxylic acids is 1. The Morgan fingerprint density at radius 3 is 2.65 bits per heavy atom. The van der Waals surface area contributed by atoms with Gasteiger partial charge in [0.15, 0.2) is 12.4 Å². The smallest absolute Gasteiger partial charge is 0.278 e. The molecule has 0 unspecified atom stereocenters. The molecule has 0 aliphatic heterocycles. The Labute approximate surface area is 186 Å². The Bertz CT molecular complexity index is 1210. The third kappa shape index (κ3) is 5.39. The van der Waals surface area contributed by atoms with Crippen LogP contribution in [0.5, 0.6) is 5.75 Å². The van der Waals surface area contributed by atoms with E-state index in [1.807, 2.05) is 0 Å². The summed E-state index contributed by atoms with van der Waals surface area (Å²) in [5.41, 5.74) is 0.850. The van der Waals surface area contributed by atoms with Crippen molar-refractivity contribution in [2.24, 2.45) is 0 Å². The van der Waals surface area contributed by atoms with Gasteiger partial charge in [-0.25, -0.2) is 18.7 Å². The van der Waals surface area contributed by atoms with Gasteiger partial charge in [-0.15, -0.1) is 5.10 Å². The lowest BCUT2D eigenvalue weighted by molar-refractivity contribution is 0.101. The van der Waals surface area contributed by atoms with Gasteiger partial charge in [0.2, 0.25) is 5.95 Å². The van der Waals surface area contributed by atoms with Crippen molar-refractivity contribution in [1.82, 2.24) is 24.5 Å². The second kappa shape index (κ2) is 9.15. The van der Waals surface area contributed by atoms with Gasteiger partial charge in [0, 0.05) is 16.2 Å². The number of carbonyl (C=O) groups is 1. The van der Waals surface area contributed by atoms with Crippen LogP contribution in [-0.2, 0) is 13.3 Å². The van der Waals surface area contributed by atoms with Crippen molar-refractivity contribution in [3.8, 4) is 5.75 Å². The highest BCUT2D eigenvalue weighted by atomic mass is 35.5. The molecule has 2 aromatic heterocycles. The van der Waals surface area contributed by atoms with Crippen molar-refractivity contribution >= 4 is 35.1 Å². The number of nitrogens with zero attached hydrogens (tertiary/aromatic N) is 5. The fraction of sp³-hybridized carbons (Fsp3) is 0.100. The van der Waals surface area contributed by atoms with E-state index in [0.717, 1.165) is 0 Å². The largest absolute Gasteiger partial charge is 0.471 e. The third-order valence-corrected chi connectivity index (χ3v) is 4.76. The molecular weight excluding hydrogens is 446 g/mol. The average molecular weight is 461 g/mol. The van der Waals surface area contributed by atoms with E-state index in [0.29, 0.717) is 16.3 Å². The van der Waals surface area contributed by atoms with Crippen molar-refractivity contribution in [1.29, 1.82) is 0 Å². The molecule has 8 nitrogen and oxygen atoms in total. The maximum Gasteiger partial charge on any atom is 0.278 e. The molecule has 31 heavy (non-hydrogen) atoms. The molecule has 2 aromatic carbocycles. The molecule has 0 saturated carbocycles. The summed E-state index contributed by atoms with van der Waals surface area (Å²) in [5.74, 6) is -0.154. The lowest BCUT2D eigenvalue weighted by Gasteiger charge is -2.06. The molecule has 1 N–H and O–H groups in total. The predicted molar refractivity (Wildman–Crippen MR) is 113 cm³/mol. The first kappa shape index (κ1) is 20.8. The first-order valence-corrected chi connectivity index (χ1v) is 9.78. The molecule has 0 spiro atoms. The van der Waals surface area contributed by atoms with E-state index >= 15 is 0 Å². The summed E-state index contributed by atoms with van der Waals surface area (Å²) in [6.45, 7) is 0.402. The highest BCUT2D eigenvalue weighted by Gasteiger charge is 2.13. The summed E-state index contributed by atoms with van der Waals surface area (Å²) in [7, 11) is 0. The molecule has 0 radical (unpaired) electrons. The quantitative estimate of drug-likeness (QED) is 0.445. The minimum atomic E-state index is -0.470. The van der Waals surface area contributed by atoms with Gasteiger partial charge < -0.3 is 4.74 Å². The zero-order chi connectivity index (χ0) is 21.8. The molecule has 0 atom stereocenters. The standard InChI is InChI=1S/C20H15Cl2FN6O2/c21-14-2-5-16(6-3-14)31-12-28-8-7-18(26-28)19(30)25-20-24-11-29(27-20)10-13-1-4-15(23)9-17(13)22/h1-9,11H,10,12H2,(H,25,27,30). The van der Waals surface area contributed by atoms with Gasteiger partial charge in [-0.1, -0.05) is 29.3 Å². The van der Waals surface area contributed by atoms with Gasteiger partial charge >= 0.3 is 0 Å².